The molecule has 0 aromatic rings. The molecule has 0 N–H and O–H groups in total. The maximum absolute atomic E-state index is 10.9. The number of amides is 1. The molecule has 1 aliphatic heterocycles. The van der Waals surface area contributed by atoms with Crippen LogP contribution in [0.2, 0.25) is 0 Å². The first-order chi connectivity index (χ1) is 7.72. The van der Waals surface area contributed by atoms with Gasteiger partial charge in [-0.2, -0.15) is 0 Å². The van der Waals surface area contributed by atoms with E-state index in [4.69, 9.17) is 27.9 Å². The Kier molecular flexibility index (Phi) is 7.17. The SMILES string of the molecule is C1CCCCC1.O=C(C(Cl)Cl)N1CCOC1. The van der Waals surface area contributed by atoms with Gasteiger partial charge in [0.1, 0.15) is 6.73 Å². The monoisotopic (exact) mass is 267 g/mol. The fourth-order valence-corrected chi connectivity index (χ4v) is 2.06. The Morgan fingerprint density at radius 2 is 1.56 bits per heavy atom. The lowest BCUT2D eigenvalue weighted by Gasteiger charge is -2.12. The summed E-state index contributed by atoms with van der Waals surface area (Å²) >= 11 is 10.7. The standard InChI is InChI=1S/C6H12.C5H7Cl2NO2/c1-2-4-6-5-3-1;6-4(7)5(9)8-1-2-10-3-8/h1-6H2;4H,1-3H2. The van der Waals surface area contributed by atoms with Crippen molar-refractivity contribution in [1.82, 2.24) is 4.90 Å². The molecular formula is C11H19Cl2NO2. The number of carbonyl (C=O) groups excluding carboxylic acids is 1. The van der Waals surface area contributed by atoms with E-state index < -0.39 is 4.84 Å². The summed E-state index contributed by atoms with van der Waals surface area (Å²) in [5.74, 6) is -0.277. The lowest BCUT2D eigenvalue weighted by atomic mass is 10.0. The van der Waals surface area contributed by atoms with Gasteiger partial charge in [0.2, 0.25) is 0 Å². The van der Waals surface area contributed by atoms with Crippen LogP contribution in [0.3, 0.4) is 0 Å². The van der Waals surface area contributed by atoms with Crippen LogP contribution < -0.4 is 0 Å². The van der Waals surface area contributed by atoms with Crippen molar-refractivity contribution in [2.75, 3.05) is 19.9 Å². The molecule has 2 aliphatic rings. The van der Waals surface area contributed by atoms with Gasteiger partial charge >= 0.3 is 0 Å². The zero-order chi connectivity index (χ0) is 11.8. The second kappa shape index (κ2) is 8.15. The van der Waals surface area contributed by atoms with Gasteiger partial charge in [-0.1, -0.05) is 61.7 Å². The molecule has 0 unspecified atom stereocenters. The molecule has 2 fully saturated rings. The number of hydrogen-bond acceptors (Lipinski definition) is 2. The smallest absolute Gasteiger partial charge is 0.257 e. The molecule has 94 valence electrons. The minimum absolute atomic E-state index is 0.277. The molecule has 1 heterocycles. The molecule has 16 heavy (non-hydrogen) atoms. The summed E-state index contributed by atoms with van der Waals surface area (Å²) in [5, 5.41) is 0. The number of alkyl halides is 2. The van der Waals surface area contributed by atoms with E-state index in [0.29, 0.717) is 19.9 Å². The van der Waals surface area contributed by atoms with Gasteiger partial charge in [-0.15, -0.1) is 0 Å². The third-order valence-electron chi connectivity index (χ3n) is 2.75. The molecule has 1 aliphatic carbocycles. The molecule has 2 rings (SSSR count). The van der Waals surface area contributed by atoms with Crippen molar-refractivity contribution >= 4 is 29.1 Å². The van der Waals surface area contributed by atoms with Crippen molar-refractivity contribution in [1.29, 1.82) is 0 Å². The quantitative estimate of drug-likeness (QED) is 0.684. The molecule has 1 saturated carbocycles. The number of nitrogens with zero attached hydrogens (tertiary/aromatic N) is 1. The van der Waals surface area contributed by atoms with E-state index in [2.05, 4.69) is 0 Å². The molecule has 3 nitrogen and oxygen atoms in total. The molecule has 1 saturated heterocycles. The van der Waals surface area contributed by atoms with Crippen molar-refractivity contribution in [3.63, 3.8) is 0 Å². The molecule has 0 bridgehead atoms. The average molecular weight is 268 g/mol. The highest BCUT2D eigenvalue weighted by Gasteiger charge is 2.23. The molecule has 0 atom stereocenters. The van der Waals surface area contributed by atoms with Gasteiger partial charge in [-0.05, 0) is 0 Å². The fraction of sp³-hybridized carbons (Fsp3) is 0.909. The average Bonchev–Trinajstić information content (AvgIpc) is 2.84. The third-order valence-corrected chi connectivity index (χ3v) is 3.12. The van der Waals surface area contributed by atoms with E-state index >= 15 is 0 Å². The summed E-state index contributed by atoms with van der Waals surface area (Å²) in [6, 6.07) is 0. The van der Waals surface area contributed by atoms with E-state index in [1.807, 2.05) is 0 Å². The van der Waals surface area contributed by atoms with Gasteiger partial charge in [0, 0.05) is 6.54 Å². The first-order valence-electron chi connectivity index (χ1n) is 5.86. The highest BCUT2D eigenvalue weighted by atomic mass is 35.5. The largest absolute Gasteiger partial charge is 0.359 e. The van der Waals surface area contributed by atoms with Crippen LogP contribution in [0.25, 0.3) is 0 Å². The van der Waals surface area contributed by atoms with Gasteiger partial charge in [-0.3, -0.25) is 4.79 Å². The van der Waals surface area contributed by atoms with Gasteiger partial charge in [0.05, 0.1) is 6.61 Å². The van der Waals surface area contributed by atoms with Gasteiger partial charge in [0.15, 0.2) is 4.84 Å². The maximum Gasteiger partial charge on any atom is 0.257 e. The normalized spacial score (nSPS) is 20.6. The van der Waals surface area contributed by atoms with Gasteiger partial charge in [0.25, 0.3) is 5.91 Å². The molecule has 0 aromatic carbocycles. The molecule has 5 heteroatoms. The first kappa shape index (κ1) is 14.1. The van der Waals surface area contributed by atoms with E-state index in [0.717, 1.165) is 0 Å². The molecular weight excluding hydrogens is 249 g/mol. The number of carbonyl (C=O) groups is 1. The minimum Gasteiger partial charge on any atom is -0.359 e. The van der Waals surface area contributed by atoms with Crippen LogP contribution in [0.5, 0.6) is 0 Å². The summed E-state index contributed by atoms with van der Waals surface area (Å²) < 4.78 is 4.92. The van der Waals surface area contributed by atoms with Gasteiger partial charge < -0.3 is 9.64 Å². The summed E-state index contributed by atoms with van der Waals surface area (Å²) in [5.41, 5.74) is 0. The Labute approximate surface area is 107 Å². The number of ether oxygens (including phenoxy) is 1. The van der Waals surface area contributed by atoms with Gasteiger partial charge in [-0.25, -0.2) is 0 Å². The molecule has 1 amide bonds. The Balaban J connectivity index is 0.000000181. The number of hydrogen-bond donors (Lipinski definition) is 0. The molecule has 0 aromatic heterocycles. The summed E-state index contributed by atoms with van der Waals surface area (Å²) in [7, 11) is 0. The van der Waals surface area contributed by atoms with Crippen LogP contribution in [0.4, 0.5) is 0 Å². The van der Waals surface area contributed by atoms with Crippen molar-refractivity contribution in [3.8, 4) is 0 Å². The summed E-state index contributed by atoms with van der Waals surface area (Å²) in [6.45, 7) is 1.48. The zero-order valence-corrected chi connectivity index (χ0v) is 11.0. The van der Waals surface area contributed by atoms with Crippen LogP contribution in [0.1, 0.15) is 38.5 Å². The van der Waals surface area contributed by atoms with Crippen LogP contribution >= 0.6 is 23.2 Å². The second-order valence-corrected chi connectivity index (χ2v) is 5.16. The Morgan fingerprint density at radius 1 is 1.06 bits per heavy atom. The highest BCUT2D eigenvalue weighted by Crippen LogP contribution is 2.15. The van der Waals surface area contributed by atoms with E-state index in [9.17, 15) is 4.79 Å². The van der Waals surface area contributed by atoms with Crippen molar-refractivity contribution in [2.24, 2.45) is 0 Å². The van der Waals surface area contributed by atoms with E-state index in [1.165, 1.54) is 43.4 Å². The molecule has 0 radical (unpaired) electrons. The van der Waals surface area contributed by atoms with Crippen LogP contribution in [-0.4, -0.2) is 35.5 Å². The van der Waals surface area contributed by atoms with Crippen LogP contribution in [-0.2, 0) is 9.53 Å². The number of halogens is 2. The zero-order valence-electron chi connectivity index (χ0n) is 9.46. The predicted octanol–water partition coefficient (Wildman–Crippen LogP) is 2.95. The highest BCUT2D eigenvalue weighted by molar-refractivity contribution is 6.53. The predicted molar refractivity (Wildman–Crippen MR) is 65.7 cm³/mol. The summed E-state index contributed by atoms with van der Waals surface area (Å²) in [6.07, 6.45) is 9.00. The second-order valence-electron chi connectivity index (χ2n) is 4.06. The van der Waals surface area contributed by atoms with Crippen molar-refractivity contribution in [2.45, 2.75) is 43.4 Å². The molecule has 0 spiro atoms. The third kappa shape index (κ3) is 5.37. The minimum atomic E-state index is -0.957. The Morgan fingerprint density at radius 3 is 1.88 bits per heavy atom. The van der Waals surface area contributed by atoms with E-state index in [1.54, 1.807) is 0 Å². The van der Waals surface area contributed by atoms with Crippen molar-refractivity contribution < 1.29 is 9.53 Å². The summed E-state index contributed by atoms with van der Waals surface area (Å²) in [4.78, 5) is 11.4. The van der Waals surface area contributed by atoms with E-state index in [-0.39, 0.29) is 5.91 Å². The van der Waals surface area contributed by atoms with Crippen LogP contribution in [0, 0.1) is 0 Å². The topological polar surface area (TPSA) is 29.5 Å². The Bertz CT molecular complexity index is 191. The Hall–Kier alpha value is 0.01000. The maximum atomic E-state index is 10.9. The lowest BCUT2D eigenvalue weighted by Crippen LogP contribution is -2.32. The van der Waals surface area contributed by atoms with Crippen LogP contribution in [0.15, 0.2) is 0 Å². The fourth-order valence-electron chi connectivity index (χ4n) is 1.79. The first-order valence-corrected chi connectivity index (χ1v) is 6.74. The van der Waals surface area contributed by atoms with Crippen molar-refractivity contribution in [3.05, 3.63) is 0 Å². The number of rotatable bonds is 1. The lowest BCUT2D eigenvalue weighted by molar-refractivity contribution is -0.129.